The van der Waals surface area contributed by atoms with Gasteiger partial charge in [0.05, 0.1) is 0 Å². The molecule has 0 aromatic heterocycles. The molecule has 0 heterocycles. The molecule has 0 saturated heterocycles. The SMILES string of the molecule is CCN(C(=S)NC(=O)C=C(C)C)c1ccccc1. The maximum Gasteiger partial charge on any atom is 0.250 e. The first-order chi connectivity index (χ1) is 8.54. The van der Waals surface area contributed by atoms with Crippen LogP contribution >= 0.6 is 12.2 Å². The molecule has 0 atom stereocenters. The van der Waals surface area contributed by atoms with Gasteiger partial charge in [0, 0.05) is 18.3 Å². The summed E-state index contributed by atoms with van der Waals surface area (Å²) in [5.41, 5.74) is 1.92. The van der Waals surface area contributed by atoms with Crippen LogP contribution in [0.25, 0.3) is 0 Å². The smallest absolute Gasteiger partial charge is 0.250 e. The minimum absolute atomic E-state index is 0.186. The van der Waals surface area contributed by atoms with E-state index in [1.807, 2.05) is 56.0 Å². The summed E-state index contributed by atoms with van der Waals surface area (Å²) in [5, 5.41) is 3.13. The largest absolute Gasteiger partial charge is 0.319 e. The number of benzene rings is 1. The number of carbonyl (C=O) groups is 1. The zero-order chi connectivity index (χ0) is 13.5. The van der Waals surface area contributed by atoms with E-state index < -0.39 is 0 Å². The van der Waals surface area contributed by atoms with Crippen molar-refractivity contribution in [2.24, 2.45) is 0 Å². The number of carbonyl (C=O) groups excluding carboxylic acids is 1. The zero-order valence-electron chi connectivity index (χ0n) is 10.9. The van der Waals surface area contributed by atoms with Crippen LogP contribution in [-0.2, 0) is 4.79 Å². The summed E-state index contributed by atoms with van der Waals surface area (Å²) in [7, 11) is 0. The van der Waals surface area contributed by atoms with Crippen molar-refractivity contribution in [3.05, 3.63) is 42.0 Å². The van der Waals surface area contributed by atoms with Crippen LogP contribution < -0.4 is 10.2 Å². The molecule has 1 aromatic rings. The van der Waals surface area contributed by atoms with E-state index in [0.717, 1.165) is 11.3 Å². The number of amides is 1. The Balaban J connectivity index is 2.76. The first-order valence-corrected chi connectivity index (χ1v) is 6.28. The van der Waals surface area contributed by atoms with E-state index in [4.69, 9.17) is 12.2 Å². The maximum atomic E-state index is 11.6. The highest BCUT2D eigenvalue weighted by molar-refractivity contribution is 7.80. The number of para-hydroxylation sites is 1. The van der Waals surface area contributed by atoms with Crippen molar-refractivity contribution in [3.63, 3.8) is 0 Å². The van der Waals surface area contributed by atoms with Crippen LogP contribution in [0.5, 0.6) is 0 Å². The number of hydrogen-bond acceptors (Lipinski definition) is 2. The van der Waals surface area contributed by atoms with E-state index in [1.165, 1.54) is 6.08 Å². The van der Waals surface area contributed by atoms with Crippen molar-refractivity contribution in [1.82, 2.24) is 5.32 Å². The highest BCUT2D eigenvalue weighted by Gasteiger charge is 2.11. The third kappa shape index (κ3) is 4.30. The van der Waals surface area contributed by atoms with Crippen LogP contribution in [0.1, 0.15) is 20.8 Å². The van der Waals surface area contributed by atoms with Gasteiger partial charge in [0.1, 0.15) is 0 Å². The fraction of sp³-hybridized carbons (Fsp3) is 0.286. The number of nitrogens with zero attached hydrogens (tertiary/aromatic N) is 1. The second-order valence-corrected chi connectivity index (χ2v) is 4.48. The van der Waals surface area contributed by atoms with Gasteiger partial charge in [0.2, 0.25) is 5.91 Å². The van der Waals surface area contributed by atoms with Crippen LogP contribution in [0, 0.1) is 0 Å². The van der Waals surface area contributed by atoms with Gasteiger partial charge in [-0.15, -0.1) is 0 Å². The normalized spacial score (nSPS) is 9.50. The van der Waals surface area contributed by atoms with Crippen LogP contribution in [0.2, 0.25) is 0 Å². The summed E-state index contributed by atoms with van der Waals surface area (Å²) >= 11 is 5.25. The Bertz CT molecular complexity index is 450. The molecular formula is C14H18N2OS. The van der Waals surface area contributed by atoms with Crippen molar-refractivity contribution in [2.45, 2.75) is 20.8 Å². The van der Waals surface area contributed by atoms with Gasteiger partial charge >= 0.3 is 0 Å². The summed E-state index contributed by atoms with van der Waals surface area (Å²) < 4.78 is 0. The van der Waals surface area contributed by atoms with Gasteiger partial charge < -0.3 is 4.90 Å². The minimum Gasteiger partial charge on any atom is -0.319 e. The van der Waals surface area contributed by atoms with Crippen molar-refractivity contribution < 1.29 is 4.79 Å². The first-order valence-electron chi connectivity index (χ1n) is 5.87. The predicted molar refractivity (Wildman–Crippen MR) is 79.6 cm³/mol. The Morgan fingerprint density at radius 1 is 1.33 bits per heavy atom. The van der Waals surface area contributed by atoms with Crippen LogP contribution in [-0.4, -0.2) is 17.6 Å². The fourth-order valence-electron chi connectivity index (χ4n) is 1.52. The summed E-state index contributed by atoms with van der Waals surface area (Å²) in [4.78, 5) is 13.5. The average molecular weight is 262 g/mol. The molecule has 3 nitrogen and oxygen atoms in total. The molecule has 1 amide bonds. The number of allylic oxidation sites excluding steroid dienone is 1. The molecule has 0 unspecified atom stereocenters. The van der Waals surface area contributed by atoms with Crippen molar-refractivity contribution in [3.8, 4) is 0 Å². The van der Waals surface area contributed by atoms with Crippen LogP contribution in [0.3, 0.4) is 0 Å². The lowest BCUT2D eigenvalue weighted by Gasteiger charge is -2.23. The topological polar surface area (TPSA) is 32.3 Å². The second-order valence-electron chi connectivity index (χ2n) is 4.10. The fourth-order valence-corrected chi connectivity index (χ4v) is 1.86. The molecule has 4 heteroatoms. The average Bonchev–Trinajstić information content (AvgIpc) is 2.29. The van der Waals surface area contributed by atoms with Gasteiger partial charge in [-0.2, -0.15) is 0 Å². The maximum absolute atomic E-state index is 11.6. The highest BCUT2D eigenvalue weighted by Crippen LogP contribution is 2.12. The predicted octanol–water partition coefficient (Wildman–Crippen LogP) is 2.88. The summed E-state index contributed by atoms with van der Waals surface area (Å²) in [5.74, 6) is -0.186. The quantitative estimate of drug-likeness (QED) is 0.671. The molecule has 0 radical (unpaired) electrons. The van der Waals surface area contributed by atoms with E-state index in [-0.39, 0.29) is 5.91 Å². The van der Waals surface area contributed by atoms with E-state index in [1.54, 1.807) is 0 Å². The van der Waals surface area contributed by atoms with Gasteiger partial charge in [-0.3, -0.25) is 10.1 Å². The third-order valence-electron chi connectivity index (χ3n) is 2.28. The Hall–Kier alpha value is -1.68. The van der Waals surface area contributed by atoms with E-state index in [9.17, 15) is 4.79 Å². The van der Waals surface area contributed by atoms with E-state index in [2.05, 4.69) is 5.32 Å². The summed E-state index contributed by atoms with van der Waals surface area (Å²) in [6.45, 7) is 6.44. The molecule has 1 rings (SSSR count). The molecule has 0 fully saturated rings. The van der Waals surface area contributed by atoms with E-state index in [0.29, 0.717) is 11.7 Å². The third-order valence-corrected chi connectivity index (χ3v) is 2.60. The van der Waals surface area contributed by atoms with Gasteiger partial charge in [-0.25, -0.2) is 0 Å². The highest BCUT2D eigenvalue weighted by atomic mass is 32.1. The monoisotopic (exact) mass is 262 g/mol. The van der Waals surface area contributed by atoms with Gasteiger partial charge in [-0.05, 0) is 45.1 Å². The summed E-state index contributed by atoms with van der Waals surface area (Å²) in [6.07, 6.45) is 1.53. The number of hydrogen-bond donors (Lipinski definition) is 1. The van der Waals surface area contributed by atoms with E-state index >= 15 is 0 Å². The van der Waals surface area contributed by atoms with Crippen molar-refractivity contribution in [1.29, 1.82) is 0 Å². The number of rotatable bonds is 3. The first kappa shape index (κ1) is 14.4. The van der Waals surface area contributed by atoms with Crippen molar-refractivity contribution >= 4 is 28.9 Å². The Morgan fingerprint density at radius 2 is 1.94 bits per heavy atom. The molecular weight excluding hydrogens is 244 g/mol. The van der Waals surface area contributed by atoms with Crippen molar-refractivity contribution in [2.75, 3.05) is 11.4 Å². The number of anilines is 1. The molecule has 0 aliphatic rings. The lowest BCUT2D eigenvalue weighted by atomic mass is 10.3. The lowest BCUT2D eigenvalue weighted by molar-refractivity contribution is -0.115. The number of nitrogens with one attached hydrogen (secondary N) is 1. The Morgan fingerprint density at radius 3 is 2.44 bits per heavy atom. The molecule has 0 aliphatic carbocycles. The molecule has 1 aromatic carbocycles. The Kier molecular flexibility index (Phi) is 5.52. The number of thiocarbonyl (C=S) groups is 1. The molecule has 18 heavy (non-hydrogen) atoms. The standard InChI is InChI=1S/C14H18N2OS/c1-4-16(12-8-6-5-7-9-12)14(18)15-13(17)10-11(2)3/h5-10H,4H2,1-3H3,(H,15,17,18). The van der Waals surface area contributed by atoms with Gasteiger partial charge in [0.25, 0.3) is 0 Å². The minimum atomic E-state index is -0.186. The van der Waals surface area contributed by atoms with Crippen LogP contribution in [0.4, 0.5) is 5.69 Å². The summed E-state index contributed by atoms with van der Waals surface area (Å²) in [6, 6.07) is 9.75. The molecule has 0 saturated carbocycles. The Labute approximate surface area is 113 Å². The molecule has 0 bridgehead atoms. The second kappa shape index (κ2) is 6.91. The van der Waals surface area contributed by atoms with Gasteiger partial charge in [0.15, 0.2) is 5.11 Å². The van der Waals surface area contributed by atoms with Crippen LogP contribution in [0.15, 0.2) is 42.0 Å². The van der Waals surface area contributed by atoms with Gasteiger partial charge in [-0.1, -0.05) is 23.8 Å². The zero-order valence-corrected chi connectivity index (χ0v) is 11.8. The lowest BCUT2D eigenvalue weighted by Crippen LogP contribution is -2.42. The molecule has 0 aliphatic heterocycles. The molecule has 0 spiro atoms. The molecule has 96 valence electrons. The molecule has 1 N–H and O–H groups in total.